The third kappa shape index (κ3) is 3.00. The van der Waals surface area contributed by atoms with Crippen LogP contribution in [0.25, 0.3) is 5.65 Å². The highest BCUT2D eigenvalue weighted by atomic mass is 79.9. The van der Waals surface area contributed by atoms with Gasteiger partial charge in [0.15, 0.2) is 5.65 Å². The third-order valence-electron chi connectivity index (χ3n) is 3.14. The summed E-state index contributed by atoms with van der Waals surface area (Å²) >= 11 is 15.9. The van der Waals surface area contributed by atoms with Crippen molar-refractivity contribution in [1.82, 2.24) is 9.38 Å². The van der Waals surface area contributed by atoms with E-state index < -0.39 is 5.97 Å². The summed E-state index contributed by atoms with van der Waals surface area (Å²) in [4.78, 5) is 20.4. The SMILES string of the molecule is NOC(=O)c1cn2ccnc2c(Cl)c1Nc1ccc(Br)cc1Cl. The first-order chi connectivity index (χ1) is 11.0. The number of nitrogens with one attached hydrogen (secondary N) is 1. The van der Waals surface area contributed by atoms with Crippen LogP contribution >= 0.6 is 39.1 Å². The highest BCUT2D eigenvalue weighted by molar-refractivity contribution is 9.10. The highest BCUT2D eigenvalue weighted by Gasteiger charge is 2.20. The Balaban J connectivity index is 2.17. The van der Waals surface area contributed by atoms with Crippen LogP contribution in [0.4, 0.5) is 11.4 Å². The molecular formula is C14H9BrCl2N4O2. The molecule has 0 radical (unpaired) electrons. The number of carbonyl (C=O) groups is 1. The Morgan fingerprint density at radius 1 is 1.39 bits per heavy atom. The Morgan fingerprint density at radius 3 is 2.87 bits per heavy atom. The smallest absolute Gasteiger partial charge is 0.360 e. The van der Waals surface area contributed by atoms with Gasteiger partial charge >= 0.3 is 5.97 Å². The molecular weight excluding hydrogens is 407 g/mol. The number of nitrogens with zero attached hydrogens (tertiary/aromatic N) is 2. The molecule has 0 spiro atoms. The van der Waals surface area contributed by atoms with E-state index in [9.17, 15) is 4.79 Å². The van der Waals surface area contributed by atoms with Crippen LogP contribution in [0.1, 0.15) is 10.4 Å². The number of hydrogen-bond acceptors (Lipinski definition) is 5. The molecule has 3 rings (SSSR count). The summed E-state index contributed by atoms with van der Waals surface area (Å²) < 4.78 is 2.42. The fourth-order valence-electron chi connectivity index (χ4n) is 2.09. The number of fused-ring (bicyclic) bond motifs is 1. The van der Waals surface area contributed by atoms with E-state index in [-0.39, 0.29) is 10.6 Å². The van der Waals surface area contributed by atoms with Crippen LogP contribution in [-0.4, -0.2) is 15.4 Å². The van der Waals surface area contributed by atoms with Crippen LogP contribution in [0.2, 0.25) is 10.0 Å². The molecule has 0 bridgehead atoms. The Hall–Kier alpha value is -1.80. The van der Waals surface area contributed by atoms with Crippen molar-refractivity contribution in [3.63, 3.8) is 0 Å². The largest absolute Gasteiger partial charge is 0.370 e. The van der Waals surface area contributed by atoms with Crippen LogP contribution < -0.4 is 11.2 Å². The number of nitrogens with two attached hydrogens (primary N) is 1. The summed E-state index contributed by atoms with van der Waals surface area (Å²) in [5.41, 5.74) is 1.52. The molecule has 0 aliphatic rings. The van der Waals surface area contributed by atoms with Crippen LogP contribution in [0.3, 0.4) is 0 Å². The molecule has 9 heteroatoms. The Bertz CT molecular complexity index is 913. The summed E-state index contributed by atoms with van der Waals surface area (Å²) in [5, 5.41) is 3.74. The monoisotopic (exact) mass is 414 g/mol. The Kier molecular flexibility index (Phi) is 4.45. The fourth-order valence-corrected chi connectivity index (χ4v) is 3.10. The first kappa shape index (κ1) is 16.1. The second-order valence-corrected chi connectivity index (χ2v) is 6.25. The summed E-state index contributed by atoms with van der Waals surface area (Å²) in [5.74, 6) is 4.27. The summed E-state index contributed by atoms with van der Waals surface area (Å²) in [6.07, 6.45) is 4.75. The lowest BCUT2D eigenvalue weighted by atomic mass is 10.2. The maximum Gasteiger partial charge on any atom is 0.360 e. The van der Waals surface area contributed by atoms with Crippen molar-refractivity contribution in [3.05, 3.63) is 56.9 Å². The Morgan fingerprint density at radius 2 is 2.17 bits per heavy atom. The molecule has 0 aliphatic carbocycles. The van der Waals surface area contributed by atoms with E-state index in [1.54, 1.807) is 35.0 Å². The number of halogens is 3. The van der Waals surface area contributed by atoms with Gasteiger partial charge in [0.25, 0.3) is 0 Å². The van der Waals surface area contributed by atoms with E-state index in [1.807, 2.05) is 0 Å². The van der Waals surface area contributed by atoms with E-state index >= 15 is 0 Å². The molecule has 0 saturated carbocycles. The second-order valence-electron chi connectivity index (χ2n) is 4.54. The van der Waals surface area contributed by atoms with Crippen molar-refractivity contribution in [2.45, 2.75) is 0 Å². The first-order valence-corrected chi connectivity index (χ1v) is 7.84. The number of rotatable bonds is 3. The van der Waals surface area contributed by atoms with Gasteiger partial charge in [-0.05, 0) is 18.2 Å². The number of imidazole rings is 1. The standard InChI is InChI=1S/C14H9BrCl2N4O2/c15-7-1-2-10(9(16)5-7)20-12-8(14(22)23-18)6-21-4-3-19-13(21)11(12)17/h1-6,20H,18H2. The van der Waals surface area contributed by atoms with E-state index in [0.29, 0.717) is 22.0 Å². The molecule has 3 N–H and O–H groups in total. The van der Waals surface area contributed by atoms with Crippen molar-refractivity contribution >= 4 is 62.1 Å². The molecule has 3 aromatic rings. The van der Waals surface area contributed by atoms with Crippen molar-refractivity contribution in [2.75, 3.05) is 5.32 Å². The highest BCUT2D eigenvalue weighted by Crippen LogP contribution is 2.35. The molecule has 6 nitrogen and oxygen atoms in total. The van der Waals surface area contributed by atoms with E-state index in [1.165, 1.54) is 6.20 Å². The number of benzene rings is 1. The zero-order valence-electron chi connectivity index (χ0n) is 11.4. The fraction of sp³-hybridized carbons (Fsp3) is 0. The van der Waals surface area contributed by atoms with Crippen LogP contribution in [0, 0.1) is 0 Å². The molecule has 2 aromatic heterocycles. The maximum atomic E-state index is 12.0. The molecule has 0 amide bonds. The van der Waals surface area contributed by atoms with E-state index in [4.69, 9.17) is 29.1 Å². The lowest BCUT2D eigenvalue weighted by molar-refractivity contribution is 0.0504. The van der Waals surface area contributed by atoms with Crippen molar-refractivity contribution in [2.24, 2.45) is 5.90 Å². The summed E-state index contributed by atoms with van der Waals surface area (Å²) in [6.45, 7) is 0. The lowest BCUT2D eigenvalue weighted by Gasteiger charge is -2.14. The predicted octanol–water partition coefficient (Wildman–Crippen LogP) is 4.18. The molecule has 0 unspecified atom stereocenters. The maximum absolute atomic E-state index is 12.0. The zero-order chi connectivity index (χ0) is 16.6. The molecule has 0 fully saturated rings. The minimum Gasteiger partial charge on any atom is -0.370 e. The minimum absolute atomic E-state index is 0.155. The van der Waals surface area contributed by atoms with Crippen molar-refractivity contribution in [3.8, 4) is 0 Å². The number of anilines is 2. The Labute approximate surface area is 149 Å². The van der Waals surface area contributed by atoms with Gasteiger partial charge in [0.1, 0.15) is 10.6 Å². The van der Waals surface area contributed by atoms with Crippen LogP contribution in [0.15, 0.2) is 41.3 Å². The van der Waals surface area contributed by atoms with E-state index in [0.717, 1.165) is 4.47 Å². The van der Waals surface area contributed by atoms with Crippen LogP contribution in [-0.2, 0) is 4.84 Å². The van der Waals surface area contributed by atoms with Gasteiger partial charge in [-0.15, -0.1) is 0 Å². The van der Waals surface area contributed by atoms with Gasteiger partial charge in [-0.3, -0.25) is 0 Å². The normalized spacial score (nSPS) is 10.8. The van der Waals surface area contributed by atoms with Gasteiger partial charge in [-0.1, -0.05) is 39.1 Å². The number of aromatic nitrogens is 2. The lowest BCUT2D eigenvalue weighted by Crippen LogP contribution is -2.14. The zero-order valence-corrected chi connectivity index (χ0v) is 14.5. The van der Waals surface area contributed by atoms with Crippen molar-refractivity contribution in [1.29, 1.82) is 0 Å². The van der Waals surface area contributed by atoms with Gasteiger partial charge in [0.05, 0.1) is 16.4 Å². The summed E-state index contributed by atoms with van der Waals surface area (Å²) in [6, 6.07) is 5.26. The van der Waals surface area contributed by atoms with Gasteiger partial charge in [0, 0.05) is 23.1 Å². The van der Waals surface area contributed by atoms with Crippen LogP contribution in [0.5, 0.6) is 0 Å². The van der Waals surface area contributed by atoms with Crippen molar-refractivity contribution < 1.29 is 9.63 Å². The molecule has 0 saturated heterocycles. The molecule has 118 valence electrons. The molecule has 0 atom stereocenters. The van der Waals surface area contributed by atoms with E-state index in [2.05, 4.69) is 31.1 Å². The van der Waals surface area contributed by atoms with Gasteiger partial charge in [-0.2, -0.15) is 5.90 Å². The average molecular weight is 416 g/mol. The third-order valence-corrected chi connectivity index (χ3v) is 4.30. The predicted molar refractivity (Wildman–Crippen MR) is 92.2 cm³/mol. The topological polar surface area (TPSA) is 81.7 Å². The second kappa shape index (κ2) is 6.37. The van der Waals surface area contributed by atoms with Gasteiger partial charge in [-0.25, -0.2) is 9.78 Å². The molecule has 1 aromatic carbocycles. The van der Waals surface area contributed by atoms with Gasteiger partial charge in [0.2, 0.25) is 0 Å². The summed E-state index contributed by atoms with van der Waals surface area (Å²) in [7, 11) is 0. The number of carbonyl (C=O) groups excluding carboxylic acids is 1. The molecule has 2 heterocycles. The average Bonchev–Trinajstić information content (AvgIpc) is 3.00. The number of hydrogen-bond donors (Lipinski definition) is 2. The minimum atomic E-state index is -0.738. The molecule has 23 heavy (non-hydrogen) atoms. The number of pyridine rings is 1. The first-order valence-electron chi connectivity index (χ1n) is 6.29. The molecule has 0 aliphatic heterocycles. The van der Waals surface area contributed by atoms with Gasteiger partial charge < -0.3 is 14.6 Å². The quantitative estimate of drug-likeness (QED) is 0.627.